The predicted octanol–water partition coefficient (Wildman–Crippen LogP) is 2.81. The third kappa shape index (κ3) is 4.46. The van der Waals surface area contributed by atoms with E-state index in [0.717, 1.165) is 5.69 Å². The molecule has 3 aromatic rings. The fourth-order valence-corrected chi connectivity index (χ4v) is 3.40. The van der Waals surface area contributed by atoms with Crippen LogP contribution in [0.4, 0.5) is 5.69 Å². The van der Waals surface area contributed by atoms with Crippen molar-refractivity contribution in [3.63, 3.8) is 0 Å². The molecule has 0 bridgehead atoms. The fourth-order valence-electron chi connectivity index (χ4n) is 2.30. The summed E-state index contributed by atoms with van der Waals surface area (Å²) in [7, 11) is -3.78. The summed E-state index contributed by atoms with van der Waals surface area (Å²) in [4.78, 5) is 16.4. The quantitative estimate of drug-likeness (QED) is 0.701. The molecule has 1 aromatic heterocycles. The van der Waals surface area contributed by atoms with Crippen LogP contribution in [0.15, 0.2) is 83.9 Å². The van der Waals surface area contributed by atoms with Gasteiger partial charge in [-0.3, -0.25) is 14.5 Å². The van der Waals surface area contributed by atoms with E-state index in [0.29, 0.717) is 5.69 Å². The molecule has 3 rings (SSSR count). The van der Waals surface area contributed by atoms with Gasteiger partial charge in [0, 0.05) is 17.4 Å². The van der Waals surface area contributed by atoms with E-state index in [1.54, 1.807) is 54.7 Å². The van der Waals surface area contributed by atoms with Crippen LogP contribution in [0.25, 0.3) is 0 Å². The van der Waals surface area contributed by atoms with Gasteiger partial charge >= 0.3 is 0 Å². The van der Waals surface area contributed by atoms with Gasteiger partial charge in [-0.2, -0.15) is 0 Å². The van der Waals surface area contributed by atoms with E-state index >= 15 is 0 Å². The number of anilines is 1. The zero-order valence-corrected chi connectivity index (χ0v) is 14.6. The molecule has 0 aliphatic carbocycles. The van der Waals surface area contributed by atoms with Crippen molar-refractivity contribution in [3.05, 3.63) is 90.3 Å². The average molecular weight is 367 g/mol. The van der Waals surface area contributed by atoms with E-state index in [-0.39, 0.29) is 22.9 Å². The Bertz CT molecular complexity index is 991. The van der Waals surface area contributed by atoms with Gasteiger partial charge in [0.1, 0.15) is 0 Å². The van der Waals surface area contributed by atoms with Gasteiger partial charge in [0.2, 0.25) is 0 Å². The average Bonchev–Trinajstić information content (AvgIpc) is 2.67. The Morgan fingerprint density at radius 3 is 2.42 bits per heavy atom. The summed E-state index contributed by atoms with van der Waals surface area (Å²) in [5.41, 5.74) is 1.43. The van der Waals surface area contributed by atoms with Crippen molar-refractivity contribution in [2.45, 2.75) is 11.4 Å². The lowest BCUT2D eigenvalue weighted by Crippen LogP contribution is -2.23. The van der Waals surface area contributed by atoms with Gasteiger partial charge in [-0.05, 0) is 42.5 Å². The minimum atomic E-state index is -3.78. The molecule has 26 heavy (non-hydrogen) atoms. The minimum Gasteiger partial charge on any atom is -0.346 e. The normalized spacial score (nSPS) is 10.9. The van der Waals surface area contributed by atoms with Crippen molar-refractivity contribution in [3.8, 4) is 0 Å². The highest BCUT2D eigenvalue weighted by molar-refractivity contribution is 7.92. The maximum absolute atomic E-state index is 12.5. The van der Waals surface area contributed by atoms with Gasteiger partial charge in [0.05, 0.1) is 17.1 Å². The standard InChI is InChI=1S/C19H17N3O3S/c23-19(21-14-17-10-4-5-12-20-17)15-7-6-11-18(13-15)26(24,25)22-16-8-2-1-3-9-16/h1-13,22H,14H2,(H,21,23). The van der Waals surface area contributed by atoms with Gasteiger partial charge in [-0.1, -0.05) is 30.3 Å². The number of benzene rings is 2. The number of nitrogens with zero attached hydrogens (tertiary/aromatic N) is 1. The number of sulfonamides is 1. The molecular weight excluding hydrogens is 350 g/mol. The van der Waals surface area contributed by atoms with Crippen molar-refractivity contribution in [1.82, 2.24) is 10.3 Å². The largest absolute Gasteiger partial charge is 0.346 e. The molecule has 6 nitrogen and oxygen atoms in total. The third-order valence-corrected chi connectivity index (χ3v) is 4.97. The molecule has 1 heterocycles. The second-order valence-electron chi connectivity index (χ2n) is 5.50. The summed E-state index contributed by atoms with van der Waals surface area (Å²) in [6.07, 6.45) is 1.64. The summed E-state index contributed by atoms with van der Waals surface area (Å²) < 4.78 is 27.5. The van der Waals surface area contributed by atoms with Crippen LogP contribution in [-0.2, 0) is 16.6 Å². The first-order valence-electron chi connectivity index (χ1n) is 7.91. The zero-order valence-electron chi connectivity index (χ0n) is 13.8. The van der Waals surface area contributed by atoms with Crippen LogP contribution >= 0.6 is 0 Å². The summed E-state index contributed by atoms with van der Waals surface area (Å²) >= 11 is 0. The van der Waals surface area contributed by atoms with Gasteiger partial charge < -0.3 is 5.32 Å². The highest BCUT2D eigenvalue weighted by Crippen LogP contribution is 2.17. The van der Waals surface area contributed by atoms with Crippen LogP contribution in [-0.4, -0.2) is 19.3 Å². The molecule has 0 saturated heterocycles. The number of carbonyl (C=O) groups is 1. The number of carbonyl (C=O) groups excluding carboxylic acids is 1. The number of amides is 1. The smallest absolute Gasteiger partial charge is 0.261 e. The monoisotopic (exact) mass is 367 g/mol. The fraction of sp³-hybridized carbons (Fsp3) is 0.0526. The van der Waals surface area contributed by atoms with E-state index in [1.807, 2.05) is 6.07 Å². The number of hydrogen-bond acceptors (Lipinski definition) is 4. The first kappa shape index (κ1) is 17.6. The molecule has 2 N–H and O–H groups in total. The Kier molecular flexibility index (Phi) is 5.28. The highest BCUT2D eigenvalue weighted by atomic mass is 32.2. The number of aromatic nitrogens is 1. The molecule has 0 unspecified atom stereocenters. The lowest BCUT2D eigenvalue weighted by Gasteiger charge is -2.10. The SMILES string of the molecule is O=C(NCc1ccccn1)c1cccc(S(=O)(=O)Nc2ccccc2)c1. The molecule has 0 saturated carbocycles. The van der Waals surface area contributed by atoms with Gasteiger partial charge in [0.25, 0.3) is 15.9 Å². The molecule has 0 atom stereocenters. The van der Waals surface area contributed by atoms with E-state index < -0.39 is 10.0 Å². The molecule has 0 spiro atoms. The van der Waals surface area contributed by atoms with Crippen LogP contribution in [0.3, 0.4) is 0 Å². The molecule has 0 aliphatic heterocycles. The molecule has 0 fully saturated rings. The Hall–Kier alpha value is -3.19. The summed E-state index contributed by atoms with van der Waals surface area (Å²) in [6, 6.07) is 19.9. The summed E-state index contributed by atoms with van der Waals surface area (Å²) in [6.45, 7) is 0.263. The summed E-state index contributed by atoms with van der Waals surface area (Å²) in [5.74, 6) is -0.368. The highest BCUT2D eigenvalue weighted by Gasteiger charge is 2.16. The van der Waals surface area contributed by atoms with Crippen molar-refractivity contribution in [1.29, 1.82) is 0 Å². The minimum absolute atomic E-state index is 0.0202. The molecule has 1 amide bonds. The van der Waals surface area contributed by atoms with Crippen molar-refractivity contribution >= 4 is 21.6 Å². The number of rotatable bonds is 6. The van der Waals surface area contributed by atoms with Gasteiger partial charge in [0.15, 0.2) is 0 Å². The van der Waals surface area contributed by atoms with Gasteiger partial charge in [-0.25, -0.2) is 8.42 Å². The molecule has 2 aromatic carbocycles. The maximum Gasteiger partial charge on any atom is 0.261 e. The topological polar surface area (TPSA) is 88.2 Å². The Morgan fingerprint density at radius 2 is 1.69 bits per heavy atom. The van der Waals surface area contributed by atoms with Crippen LogP contribution in [0.1, 0.15) is 16.1 Å². The number of pyridine rings is 1. The number of hydrogen-bond donors (Lipinski definition) is 2. The van der Waals surface area contributed by atoms with E-state index in [1.165, 1.54) is 18.2 Å². The zero-order chi connectivity index (χ0) is 18.4. The van der Waals surface area contributed by atoms with Crippen LogP contribution < -0.4 is 10.0 Å². The Labute approximate surface area is 152 Å². The molecule has 132 valence electrons. The molecule has 7 heteroatoms. The van der Waals surface area contributed by atoms with Crippen molar-refractivity contribution in [2.75, 3.05) is 4.72 Å². The van der Waals surface area contributed by atoms with E-state index in [9.17, 15) is 13.2 Å². The lowest BCUT2D eigenvalue weighted by molar-refractivity contribution is 0.0950. The van der Waals surface area contributed by atoms with Crippen molar-refractivity contribution in [2.24, 2.45) is 0 Å². The molecule has 0 radical (unpaired) electrons. The molecular formula is C19H17N3O3S. The second-order valence-corrected chi connectivity index (χ2v) is 7.19. The van der Waals surface area contributed by atoms with Crippen LogP contribution in [0.2, 0.25) is 0 Å². The Morgan fingerprint density at radius 1 is 0.923 bits per heavy atom. The van der Waals surface area contributed by atoms with Crippen LogP contribution in [0, 0.1) is 0 Å². The van der Waals surface area contributed by atoms with Crippen LogP contribution in [0.5, 0.6) is 0 Å². The van der Waals surface area contributed by atoms with E-state index in [4.69, 9.17) is 0 Å². The first-order valence-corrected chi connectivity index (χ1v) is 9.39. The number of para-hydroxylation sites is 1. The number of nitrogens with one attached hydrogen (secondary N) is 2. The maximum atomic E-state index is 12.5. The Balaban J connectivity index is 1.74. The second kappa shape index (κ2) is 7.79. The lowest BCUT2D eigenvalue weighted by atomic mass is 10.2. The van der Waals surface area contributed by atoms with Gasteiger partial charge in [-0.15, -0.1) is 0 Å². The first-order chi connectivity index (χ1) is 12.5. The predicted molar refractivity (Wildman–Crippen MR) is 99.1 cm³/mol. The van der Waals surface area contributed by atoms with Crippen molar-refractivity contribution < 1.29 is 13.2 Å². The summed E-state index contributed by atoms with van der Waals surface area (Å²) in [5, 5.41) is 2.73. The van der Waals surface area contributed by atoms with E-state index in [2.05, 4.69) is 15.0 Å². The third-order valence-electron chi connectivity index (χ3n) is 3.59. The molecule has 0 aliphatic rings.